The summed E-state index contributed by atoms with van der Waals surface area (Å²) in [5, 5.41) is 0. The van der Waals surface area contributed by atoms with E-state index in [1.165, 1.54) is 0 Å². The van der Waals surface area contributed by atoms with Crippen molar-refractivity contribution in [2.24, 2.45) is 0 Å². The third-order valence-electron chi connectivity index (χ3n) is 1.25. The van der Waals surface area contributed by atoms with Crippen molar-refractivity contribution in [3.05, 3.63) is 23.8 Å². The van der Waals surface area contributed by atoms with E-state index in [2.05, 4.69) is 37.9 Å². The van der Waals surface area contributed by atoms with Gasteiger partial charge in [0, 0.05) is 15.4 Å². The lowest BCUT2D eigenvalue weighted by Gasteiger charge is -2.03. The number of rotatable bonds is 1. The topological polar surface area (TPSA) is 0 Å². The quantitative estimate of drug-likeness (QED) is 0.481. The van der Waals surface area contributed by atoms with E-state index in [1.807, 2.05) is 18.2 Å². The van der Waals surface area contributed by atoms with E-state index < -0.39 is 0 Å². The molecule has 0 unspecified atom stereocenters. The second-order valence-electron chi connectivity index (χ2n) is 1.98. The molecule has 58 valence electrons. The molecule has 0 N–H and O–H groups in total. The molecule has 0 saturated heterocycles. The van der Waals surface area contributed by atoms with Crippen molar-refractivity contribution >= 4 is 54.3 Å². The lowest BCUT2D eigenvalue weighted by atomic mass is 10.2. The Labute approximate surface area is 87.6 Å². The lowest BCUT2D eigenvalue weighted by molar-refractivity contribution is 1.26. The first-order chi connectivity index (χ1) is 5.13. The summed E-state index contributed by atoms with van der Waals surface area (Å²) >= 11 is 17.4. The van der Waals surface area contributed by atoms with Crippen molar-refractivity contribution in [3.63, 3.8) is 0 Å². The predicted molar refractivity (Wildman–Crippen MR) is 61.6 cm³/mol. The van der Waals surface area contributed by atoms with Gasteiger partial charge in [-0.25, -0.2) is 0 Å². The number of thiocarbonyl (C=S) groups is 1. The zero-order chi connectivity index (χ0) is 8.43. The summed E-state index contributed by atoms with van der Waals surface area (Å²) in [6.07, 6.45) is 0. The minimum atomic E-state index is 0.547. The molecule has 0 aliphatic rings. The molecule has 0 nitrogen and oxygen atoms in total. The van der Waals surface area contributed by atoms with Crippen molar-refractivity contribution in [3.8, 4) is 0 Å². The fourth-order valence-electron chi connectivity index (χ4n) is 0.704. The maximum Gasteiger partial charge on any atom is 0.0759 e. The monoisotopic (exact) mass is 218 g/mol. The second kappa shape index (κ2) is 3.85. The molecular formula is C7H6S4. The van der Waals surface area contributed by atoms with Crippen LogP contribution in [0.1, 0.15) is 5.56 Å². The molecule has 0 spiro atoms. The minimum Gasteiger partial charge on any atom is -0.142 e. The molecule has 0 aliphatic heterocycles. The summed E-state index contributed by atoms with van der Waals surface area (Å²) in [5.74, 6) is 0. The fraction of sp³-hybridized carbons (Fsp3) is 0. The molecule has 0 aliphatic carbocycles. The number of hydrogen-bond donors (Lipinski definition) is 3. The summed E-state index contributed by atoms with van der Waals surface area (Å²) in [5.41, 5.74) is 0.860. The molecule has 0 saturated carbocycles. The Balaban J connectivity index is 3.27. The predicted octanol–water partition coefficient (Wildman–Crippen LogP) is 2.87. The summed E-state index contributed by atoms with van der Waals surface area (Å²) < 4.78 is 0.547. The van der Waals surface area contributed by atoms with Gasteiger partial charge in [0.25, 0.3) is 0 Å². The van der Waals surface area contributed by atoms with Gasteiger partial charge in [0.15, 0.2) is 0 Å². The van der Waals surface area contributed by atoms with Crippen LogP contribution in [0.25, 0.3) is 0 Å². The molecular weight excluding hydrogens is 212 g/mol. The van der Waals surface area contributed by atoms with Crippen LogP contribution < -0.4 is 0 Å². The van der Waals surface area contributed by atoms with Crippen LogP contribution in [0, 0.1) is 0 Å². The summed E-state index contributed by atoms with van der Waals surface area (Å²) in [6, 6.07) is 5.61. The highest BCUT2D eigenvalue weighted by Gasteiger charge is 2.02. The summed E-state index contributed by atoms with van der Waals surface area (Å²) in [4.78, 5) is 1.61. The SMILES string of the molecule is S=C(S)c1cccc(S)c1S. The van der Waals surface area contributed by atoms with E-state index in [1.54, 1.807) is 0 Å². The summed E-state index contributed by atoms with van der Waals surface area (Å²) in [7, 11) is 0. The number of hydrogen-bond acceptors (Lipinski definition) is 3. The highest BCUT2D eigenvalue weighted by molar-refractivity contribution is 8.11. The molecule has 1 aromatic rings. The van der Waals surface area contributed by atoms with Gasteiger partial charge in [0.1, 0.15) is 0 Å². The molecule has 0 atom stereocenters. The van der Waals surface area contributed by atoms with Crippen LogP contribution >= 0.6 is 50.1 Å². The van der Waals surface area contributed by atoms with Gasteiger partial charge >= 0.3 is 0 Å². The average molecular weight is 218 g/mol. The maximum atomic E-state index is 4.89. The van der Waals surface area contributed by atoms with Crippen LogP contribution in [0.4, 0.5) is 0 Å². The highest BCUT2D eigenvalue weighted by Crippen LogP contribution is 2.23. The van der Waals surface area contributed by atoms with Crippen LogP contribution in [0.15, 0.2) is 28.0 Å². The molecule has 0 fully saturated rings. The van der Waals surface area contributed by atoms with Crippen LogP contribution in [-0.4, -0.2) is 4.20 Å². The summed E-state index contributed by atoms with van der Waals surface area (Å²) in [6.45, 7) is 0. The first-order valence-corrected chi connectivity index (χ1v) is 4.62. The van der Waals surface area contributed by atoms with Gasteiger partial charge in [-0.3, -0.25) is 0 Å². The molecule has 0 aromatic heterocycles. The van der Waals surface area contributed by atoms with Crippen LogP contribution in [0.5, 0.6) is 0 Å². The van der Waals surface area contributed by atoms with Crippen molar-refractivity contribution in [1.82, 2.24) is 0 Å². The Morgan fingerprint density at radius 2 is 1.91 bits per heavy atom. The van der Waals surface area contributed by atoms with Gasteiger partial charge in [0.2, 0.25) is 0 Å². The van der Waals surface area contributed by atoms with E-state index in [-0.39, 0.29) is 0 Å². The minimum absolute atomic E-state index is 0.547. The van der Waals surface area contributed by atoms with E-state index >= 15 is 0 Å². The van der Waals surface area contributed by atoms with Gasteiger partial charge in [-0.15, -0.1) is 37.9 Å². The first-order valence-electron chi connectivity index (χ1n) is 2.87. The molecule has 11 heavy (non-hydrogen) atoms. The number of thiol groups is 3. The van der Waals surface area contributed by atoms with Crippen molar-refractivity contribution < 1.29 is 0 Å². The fourth-order valence-corrected chi connectivity index (χ4v) is 1.69. The van der Waals surface area contributed by atoms with Gasteiger partial charge < -0.3 is 0 Å². The van der Waals surface area contributed by atoms with Gasteiger partial charge in [-0.2, -0.15) is 0 Å². The van der Waals surface area contributed by atoms with Crippen molar-refractivity contribution in [2.75, 3.05) is 0 Å². The molecule has 0 bridgehead atoms. The van der Waals surface area contributed by atoms with Crippen LogP contribution in [-0.2, 0) is 0 Å². The molecule has 0 radical (unpaired) electrons. The molecule has 4 heteroatoms. The number of benzene rings is 1. The Kier molecular flexibility index (Phi) is 3.30. The normalized spacial score (nSPS) is 9.73. The van der Waals surface area contributed by atoms with E-state index in [4.69, 9.17) is 12.2 Å². The second-order valence-corrected chi connectivity index (χ2v) is 4.07. The maximum absolute atomic E-state index is 4.89. The lowest BCUT2D eigenvalue weighted by Crippen LogP contribution is -1.89. The zero-order valence-corrected chi connectivity index (χ0v) is 8.98. The van der Waals surface area contributed by atoms with Crippen LogP contribution in [0.3, 0.4) is 0 Å². The third-order valence-corrected chi connectivity index (χ3v) is 2.74. The highest BCUT2D eigenvalue weighted by atomic mass is 32.1. The Hall–Kier alpha value is 0.360. The first kappa shape index (κ1) is 9.45. The van der Waals surface area contributed by atoms with Crippen molar-refractivity contribution in [1.29, 1.82) is 0 Å². The zero-order valence-electron chi connectivity index (χ0n) is 5.48. The Morgan fingerprint density at radius 1 is 1.27 bits per heavy atom. The van der Waals surface area contributed by atoms with Gasteiger partial charge in [-0.1, -0.05) is 24.4 Å². The van der Waals surface area contributed by atoms with E-state index in [0.29, 0.717) is 4.20 Å². The average Bonchev–Trinajstić information content (AvgIpc) is 1.94. The van der Waals surface area contributed by atoms with Gasteiger partial charge in [-0.05, 0) is 6.07 Å². The Morgan fingerprint density at radius 3 is 2.36 bits per heavy atom. The van der Waals surface area contributed by atoms with Crippen LogP contribution in [0.2, 0.25) is 0 Å². The largest absolute Gasteiger partial charge is 0.142 e. The van der Waals surface area contributed by atoms with E-state index in [0.717, 1.165) is 15.4 Å². The standard InChI is InChI=1S/C7H6S4/c8-5-3-1-2-4(6(5)9)7(10)11/h1-3,8-9H,(H,10,11). The molecule has 1 aromatic carbocycles. The molecule has 0 heterocycles. The molecule has 1 rings (SSSR count). The van der Waals surface area contributed by atoms with Crippen molar-refractivity contribution in [2.45, 2.75) is 9.79 Å². The third kappa shape index (κ3) is 2.15. The Bertz CT molecular complexity index is 292. The van der Waals surface area contributed by atoms with E-state index in [9.17, 15) is 0 Å². The van der Waals surface area contributed by atoms with Gasteiger partial charge in [0.05, 0.1) is 4.20 Å². The molecule has 0 amide bonds. The smallest absolute Gasteiger partial charge is 0.0759 e.